The van der Waals surface area contributed by atoms with Crippen LogP contribution in [0.1, 0.15) is 38.2 Å². The van der Waals surface area contributed by atoms with Gasteiger partial charge >= 0.3 is 0 Å². The lowest BCUT2D eigenvalue weighted by Gasteiger charge is -2.38. The molecule has 4 heteroatoms. The van der Waals surface area contributed by atoms with Gasteiger partial charge in [-0.2, -0.15) is 0 Å². The van der Waals surface area contributed by atoms with Crippen molar-refractivity contribution < 1.29 is 4.79 Å². The quantitative estimate of drug-likeness (QED) is 0.928. The Hall–Kier alpha value is -1.06. The van der Waals surface area contributed by atoms with Crippen LogP contribution in [0.15, 0.2) is 24.3 Å². The van der Waals surface area contributed by atoms with Crippen molar-refractivity contribution in [1.82, 2.24) is 4.90 Å². The van der Waals surface area contributed by atoms with Gasteiger partial charge in [0.1, 0.15) is 0 Å². The number of hydrogen-bond acceptors (Lipinski definition) is 2. The largest absolute Gasteiger partial charge is 0.338 e. The second-order valence-electron chi connectivity index (χ2n) is 5.64. The zero-order valence-electron chi connectivity index (χ0n) is 12.0. The van der Waals surface area contributed by atoms with Gasteiger partial charge in [-0.15, -0.1) is 0 Å². The fraction of sp³-hybridized carbons (Fsp3) is 0.562. The van der Waals surface area contributed by atoms with Crippen LogP contribution < -0.4 is 5.73 Å². The van der Waals surface area contributed by atoms with E-state index in [1.165, 1.54) is 6.42 Å². The van der Waals surface area contributed by atoms with Crippen molar-refractivity contribution in [3.05, 3.63) is 34.9 Å². The molecule has 1 amide bonds. The molecule has 0 saturated carbocycles. The normalized spacial score (nSPS) is 20.8. The number of nitrogens with two attached hydrogens (primary N) is 1. The predicted octanol–water partition coefficient (Wildman–Crippen LogP) is 3.00. The van der Waals surface area contributed by atoms with Crippen molar-refractivity contribution in [3.63, 3.8) is 0 Å². The van der Waals surface area contributed by atoms with E-state index in [4.69, 9.17) is 17.3 Å². The molecule has 0 spiro atoms. The van der Waals surface area contributed by atoms with Crippen LogP contribution in [0, 0.1) is 0 Å². The SMILES string of the molecule is CC(N)C1CCCCN1C(=O)CCc1ccc(Cl)cc1. The maximum Gasteiger partial charge on any atom is 0.223 e. The van der Waals surface area contributed by atoms with Crippen molar-refractivity contribution in [2.45, 2.75) is 51.1 Å². The summed E-state index contributed by atoms with van der Waals surface area (Å²) in [4.78, 5) is 14.4. The highest BCUT2D eigenvalue weighted by atomic mass is 35.5. The maximum absolute atomic E-state index is 12.4. The Bertz CT molecular complexity index is 444. The Morgan fingerprint density at radius 3 is 2.75 bits per heavy atom. The first-order chi connectivity index (χ1) is 9.58. The lowest BCUT2D eigenvalue weighted by atomic mass is 9.96. The number of hydrogen-bond donors (Lipinski definition) is 1. The van der Waals surface area contributed by atoms with E-state index in [1.54, 1.807) is 0 Å². The first-order valence-electron chi connectivity index (χ1n) is 7.37. The summed E-state index contributed by atoms with van der Waals surface area (Å²) in [6, 6.07) is 7.96. The minimum absolute atomic E-state index is 0.0507. The summed E-state index contributed by atoms with van der Waals surface area (Å²) >= 11 is 5.86. The van der Waals surface area contributed by atoms with Crippen LogP contribution in [0.3, 0.4) is 0 Å². The fourth-order valence-corrected chi connectivity index (χ4v) is 2.99. The van der Waals surface area contributed by atoms with Crippen LogP contribution >= 0.6 is 11.6 Å². The standard InChI is InChI=1S/C16H23ClN2O/c1-12(18)15-4-2-3-11-19(15)16(20)10-7-13-5-8-14(17)9-6-13/h5-6,8-9,12,15H,2-4,7,10-11,18H2,1H3. The number of benzene rings is 1. The molecular formula is C16H23ClN2O. The van der Waals surface area contributed by atoms with E-state index in [9.17, 15) is 4.79 Å². The second-order valence-corrected chi connectivity index (χ2v) is 6.07. The van der Waals surface area contributed by atoms with Gasteiger partial charge in [-0.3, -0.25) is 4.79 Å². The zero-order chi connectivity index (χ0) is 14.5. The second kappa shape index (κ2) is 7.09. The molecule has 1 aromatic carbocycles. The van der Waals surface area contributed by atoms with E-state index in [0.717, 1.165) is 36.4 Å². The highest BCUT2D eigenvalue weighted by Crippen LogP contribution is 2.20. The molecule has 1 aliphatic rings. The molecule has 2 atom stereocenters. The van der Waals surface area contributed by atoms with Gasteiger partial charge in [-0.1, -0.05) is 23.7 Å². The monoisotopic (exact) mass is 294 g/mol. The number of carbonyl (C=O) groups excluding carboxylic acids is 1. The predicted molar refractivity (Wildman–Crippen MR) is 82.8 cm³/mol. The number of likely N-dealkylation sites (tertiary alicyclic amines) is 1. The molecule has 110 valence electrons. The molecule has 20 heavy (non-hydrogen) atoms. The molecule has 1 fully saturated rings. The molecule has 0 radical (unpaired) electrons. The number of rotatable bonds is 4. The molecule has 0 bridgehead atoms. The summed E-state index contributed by atoms with van der Waals surface area (Å²) < 4.78 is 0. The van der Waals surface area contributed by atoms with Crippen molar-refractivity contribution >= 4 is 17.5 Å². The third kappa shape index (κ3) is 3.97. The third-order valence-electron chi connectivity index (χ3n) is 4.02. The van der Waals surface area contributed by atoms with Crippen LogP contribution in [-0.2, 0) is 11.2 Å². The Balaban J connectivity index is 1.91. The van der Waals surface area contributed by atoms with Gasteiger partial charge in [0, 0.05) is 30.1 Å². The summed E-state index contributed by atoms with van der Waals surface area (Å²) in [5.41, 5.74) is 7.16. The van der Waals surface area contributed by atoms with Crippen molar-refractivity contribution in [3.8, 4) is 0 Å². The Kier molecular flexibility index (Phi) is 5.44. The summed E-state index contributed by atoms with van der Waals surface area (Å²) in [6.07, 6.45) is 4.61. The third-order valence-corrected chi connectivity index (χ3v) is 4.27. The molecule has 1 aliphatic heterocycles. The van der Waals surface area contributed by atoms with E-state index >= 15 is 0 Å². The molecule has 2 rings (SSSR count). The zero-order valence-corrected chi connectivity index (χ0v) is 12.8. The van der Waals surface area contributed by atoms with Crippen LogP contribution in [0.2, 0.25) is 5.02 Å². The molecule has 0 aromatic heterocycles. The minimum Gasteiger partial charge on any atom is -0.338 e. The molecule has 0 aliphatic carbocycles. The maximum atomic E-state index is 12.4. The van der Waals surface area contributed by atoms with Crippen molar-refractivity contribution in [2.24, 2.45) is 5.73 Å². The van der Waals surface area contributed by atoms with Gasteiger partial charge in [0.15, 0.2) is 0 Å². The van der Waals surface area contributed by atoms with Crippen LogP contribution in [0.4, 0.5) is 0 Å². The number of aryl methyl sites for hydroxylation is 1. The molecule has 1 heterocycles. The Morgan fingerprint density at radius 2 is 2.10 bits per heavy atom. The first kappa shape index (κ1) is 15.3. The van der Waals surface area contributed by atoms with Gasteiger partial charge in [-0.05, 0) is 50.3 Å². The van der Waals surface area contributed by atoms with Gasteiger partial charge in [0.2, 0.25) is 5.91 Å². The number of halogens is 1. The number of amides is 1. The van der Waals surface area contributed by atoms with Gasteiger partial charge < -0.3 is 10.6 Å². The minimum atomic E-state index is 0.0507. The highest BCUT2D eigenvalue weighted by molar-refractivity contribution is 6.30. The fourth-order valence-electron chi connectivity index (χ4n) is 2.86. The Morgan fingerprint density at radius 1 is 1.40 bits per heavy atom. The number of nitrogens with zero attached hydrogens (tertiary/aromatic N) is 1. The molecule has 1 aromatic rings. The molecule has 1 saturated heterocycles. The van der Waals surface area contributed by atoms with Gasteiger partial charge in [0.05, 0.1) is 0 Å². The molecular weight excluding hydrogens is 272 g/mol. The number of piperidine rings is 1. The van der Waals surface area contributed by atoms with E-state index in [-0.39, 0.29) is 18.0 Å². The van der Waals surface area contributed by atoms with E-state index in [2.05, 4.69) is 0 Å². The molecule has 2 N–H and O–H groups in total. The van der Waals surface area contributed by atoms with E-state index in [0.29, 0.717) is 6.42 Å². The average molecular weight is 295 g/mol. The van der Waals surface area contributed by atoms with Gasteiger partial charge in [-0.25, -0.2) is 0 Å². The summed E-state index contributed by atoms with van der Waals surface area (Å²) in [5.74, 6) is 0.224. The lowest BCUT2D eigenvalue weighted by molar-refractivity contribution is -0.135. The van der Waals surface area contributed by atoms with Crippen LogP contribution in [0.25, 0.3) is 0 Å². The topological polar surface area (TPSA) is 46.3 Å². The first-order valence-corrected chi connectivity index (χ1v) is 7.75. The lowest BCUT2D eigenvalue weighted by Crippen LogP contribution is -2.51. The molecule has 2 unspecified atom stereocenters. The average Bonchev–Trinajstić information content (AvgIpc) is 2.46. The van der Waals surface area contributed by atoms with Crippen LogP contribution in [0.5, 0.6) is 0 Å². The van der Waals surface area contributed by atoms with E-state index < -0.39 is 0 Å². The summed E-state index contributed by atoms with van der Waals surface area (Å²) in [6.45, 7) is 2.85. The van der Waals surface area contributed by atoms with Gasteiger partial charge in [0.25, 0.3) is 0 Å². The smallest absolute Gasteiger partial charge is 0.223 e. The number of carbonyl (C=O) groups is 1. The van der Waals surface area contributed by atoms with Crippen molar-refractivity contribution in [2.75, 3.05) is 6.54 Å². The van der Waals surface area contributed by atoms with E-state index in [1.807, 2.05) is 36.1 Å². The summed E-state index contributed by atoms with van der Waals surface area (Å²) in [5, 5.41) is 0.730. The highest BCUT2D eigenvalue weighted by Gasteiger charge is 2.28. The van der Waals surface area contributed by atoms with Crippen LogP contribution in [-0.4, -0.2) is 29.4 Å². The van der Waals surface area contributed by atoms with Crippen molar-refractivity contribution in [1.29, 1.82) is 0 Å². The molecule has 3 nitrogen and oxygen atoms in total. The summed E-state index contributed by atoms with van der Waals surface area (Å²) in [7, 11) is 0. The Labute approximate surface area is 126 Å².